The summed E-state index contributed by atoms with van der Waals surface area (Å²) in [7, 11) is -3.51. The molecule has 0 aliphatic rings. The standard InChI is InChI=1S/C13H16N2O2S2/c1-2-11-3-4-12(7-13(11)14)19(16,17)15-8-10-5-6-18-9-10/h3-7,9,15H,2,8,14H2,1H3. The maximum absolute atomic E-state index is 12.1. The average Bonchev–Trinajstić information content (AvgIpc) is 2.89. The van der Waals surface area contributed by atoms with Crippen LogP contribution in [-0.4, -0.2) is 8.42 Å². The zero-order valence-corrected chi connectivity index (χ0v) is 12.2. The molecule has 2 aromatic rings. The molecule has 0 saturated carbocycles. The van der Waals surface area contributed by atoms with Crippen molar-refractivity contribution in [2.45, 2.75) is 24.8 Å². The Morgan fingerprint density at radius 2 is 2.11 bits per heavy atom. The minimum Gasteiger partial charge on any atom is -0.398 e. The van der Waals surface area contributed by atoms with Gasteiger partial charge < -0.3 is 5.73 Å². The lowest BCUT2D eigenvalue weighted by Crippen LogP contribution is -2.23. The number of hydrogen-bond acceptors (Lipinski definition) is 4. The molecule has 0 bridgehead atoms. The van der Waals surface area contributed by atoms with Crippen molar-refractivity contribution < 1.29 is 8.42 Å². The van der Waals surface area contributed by atoms with Crippen LogP contribution in [0.15, 0.2) is 39.9 Å². The number of benzene rings is 1. The quantitative estimate of drug-likeness (QED) is 0.832. The fourth-order valence-corrected chi connectivity index (χ4v) is 3.44. The van der Waals surface area contributed by atoms with Crippen molar-refractivity contribution in [3.05, 3.63) is 46.2 Å². The zero-order chi connectivity index (χ0) is 13.9. The second-order valence-electron chi connectivity index (χ2n) is 4.17. The molecule has 4 nitrogen and oxygen atoms in total. The molecule has 0 saturated heterocycles. The molecule has 0 unspecified atom stereocenters. The highest BCUT2D eigenvalue weighted by Crippen LogP contribution is 2.18. The molecule has 0 atom stereocenters. The third kappa shape index (κ3) is 3.34. The molecule has 1 aromatic carbocycles. The van der Waals surface area contributed by atoms with Gasteiger partial charge in [0.15, 0.2) is 0 Å². The largest absolute Gasteiger partial charge is 0.398 e. The van der Waals surface area contributed by atoms with Gasteiger partial charge in [0, 0.05) is 12.2 Å². The van der Waals surface area contributed by atoms with Gasteiger partial charge in [0.25, 0.3) is 0 Å². The smallest absolute Gasteiger partial charge is 0.240 e. The highest BCUT2D eigenvalue weighted by molar-refractivity contribution is 7.89. The van der Waals surface area contributed by atoms with Crippen molar-refractivity contribution in [2.24, 2.45) is 0 Å². The molecule has 0 amide bonds. The van der Waals surface area contributed by atoms with Gasteiger partial charge in [0.1, 0.15) is 0 Å². The first-order chi connectivity index (χ1) is 9.03. The molecule has 102 valence electrons. The van der Waals surface area contributed by atoms with E-state index in [0.29, 0.717) is 12.2 Å². The first-order valence-corrected chi connectivity index (χ1v) is 8.34. The lowest BCUT2D eigenvalue weighted by molar-refractivity contribution is 0.581. The normalized spacial score (nSPS) is 11.6. The monoisotopic (exact) mass is 296 g/mol. The topological polar surface area (TPSA) is 72.2 Å². The fraction of sp³-hybridized carbons (Fsp3) is 0.231. The zero-order valence-electron chi connectivity index (χ0n) is 10.6. The predicted octanol–water partition coefficient (Wildman–Crippen LogP) is 2.37. The molecule has 1 aromatic heterocycles. The second kappa shape index (κ2) is 5.73. The molecule has 0 aliphatic carbocycles. The van der Waals surface area contributed by atoms with Crippen LogP contribution in [0.4, 0.5) is 5.69 Å². The van der Waals surface area contributed by atoms with Crippen molar-refractivity contribution >= 4 is 27.0 Å². The molecular formula is C13H16N2O2S2. The van der Waals surface area contributed by atoms with Crippen molar-refractivity contribution in [3.8, 4) is 0 Å². The van der Waals surface area contributed by atoms with E-state index in [0.717, 1.165) is 17.5 Å². The Morgan fingerprint density at radius 3 is 2.68 bits per heavy atom. The summed E-state index contributed by atoms with van der Waals surface area (Å²) in [5.74, 6) is 0. The lowest BCUT2D eigenvalue weighted by atomic mass is 10.1. The van der Waals surface area contributed by atoms with E-state index in [4.69, 9.17) is 5.73 Å². The summed E-state index contributed by atoms with van der Waals surface area (Å²) >= 11 is 1.54. The van der Waals surface area contributed by atoms with Gasteiger partial charge in [-0.05, 0) is 46.5 Å². The van der Waals surface area contributed by atoms with E-state index in [-0.39, 0.29) is 4.90 Å². The van der Waals surface area contributed by atoms with Crippen LogP contribution in [-0.2, 0) is 23.0 Å². The van der Waals surface area contributed by atoms with Gasteiger partial charge >= 0.3 is 0 Å². The van der Waals surface area contributed by atoms with Gasteiger partial charge in [-0.2, -0.15) is 11.3 Å². The van der Waals surface area contributed by atoms with Crippen LogP contribution in [0.2, 0.25) is 0 Å². The maximum Gasteiger partial charge on any atom is 0.240 e. The Hall–Kier alpha value is -1.37. The molecule has 0 aliphatic heterocycles. The van der Waals surface area contributed by atoms with E-state index < -0.39 is 10.0 Å². The van der Waals surface area contributed by atoms with E-state index in [9.17, 15) is 8.42 Å². The minimum atomic E-state index is -3.51. The number of hydrogen-bond donors (Lipinski definition) is 2. The Bertz CT molecular complexity index is 649. The van der Waals surface area contributed by atoms with E-state index in [1.807, 2.05) is 23.8 Å². The summed E-state index contributed by atoms with van der Waals surface area (Å²) in [5, 5.41) is 3.83. The Labute approximate surface area is 117 Å². The number of rotatable bonds is 5. The third-order valence-electron chi connectivity index (χ3n) is 2.85. The van der Waals surface area contributed by atoms with Crippen LogP contribution < -0.4 is 10.5 Å². The van der Waals surface area contributed by atoms with E-state index in [2.05, 4.69) is 4.72 Å². The lowest BCUT2D eigenvalue weighted by Gasteiger charge is -2.08. The van der Waals surface area contributed by atoms with Crippen LogP contribution in [0.1, 0.15) is 18.1 Å². The number of nitrogen functional groups attached to an aromatic ring is 1. The second-order valence-corrected chi connectivity index (χ2v) is 6.72. The molecule has 2 rings (SSSR count). The molecule has 0 radical (unpaired) electrons. The van der Waals surface area contributed by atoms with Gasteiger partial charge in [-0.25, -0.2) is 13.1 Å². The van der Waals surface area contributed by atoms with Crippen molar-refractivity contribution in [1.82, 2.24) is 4.72 Å². The number of nitrogens with two attached hydrogens (primary N) is 1. The maximum atomic E-state index is 12.1. The summed E-state index contributed by atoms with van der Waals surface area (Å²) in [4.78, 5) is 0.206. The molecule has 6 heteroatoms. The van der Waals surface area contributed by atoms with Crippen LogP contribution in [0, 0.1) is 0 Å². The van der Waals surface area contributed by atoms with Gasteiger partial charge in [-0.15, -0.1) is 0 Å². The highest BCUT2D eigenvalue weighted by atomic mass is 32.2. The Balaban J connectivity index is 2.17. The molecule has 0 fully saturated rings. The highest BCUT2D eigenvalue weighted by Gasteiger charge is 2.14. The van der Waals surface area contributed by atoms with Gasteiger partial charge in [0.2, 0.25) is 10.0 Å². The van der Waals surface area contributed by atoms with Crippen molar-refractivity contribution in [1.29, 1.82) is 0 Å². The van der Waals surface area contributed by atoms with Crippen LogP contribution in [0.5, 0.6) is 0 Å². The van der Waals surface area contributed by atoms with Crippen LogP contribution >= 0.6 is 11.3 Å². The number of aryl methyl sites for hydroxylation is 1. The first-order valence-electron chi connectivity index (χ1n) is 5.92. The molecular weight excluding hydrogens is 280 g/mol. The predicted molar refractivity (Wildman–Crippen MR) is 78.6 cm³/mol. The molecule has 0 spiro atoms. The minimum absolute atomic E-state index is 0.206. The van der Waals surface area contributed by atoms with Crippen molar-refractivity contribution in [3.63, 3.8) is 0 Å². The van der Waals surface area contributed by atoms with Gasteiger partial charge in [-0.1, -0.05) is 13.0 Å². The first kappa shape index (κ1) is 14.0. The fourth-order valence-electron chi connectivity index (χ4n) is 1.72. The van der Waals surface area contributed by atoms with Gasteiger partial charge in [0.05, 0.1) is 4.90 Å². The van der Waals surface area contributed by atoms with E-state index >= 15 is 0 Å². The number of nitrogens with one attached hydrogen (secondary N) is 1. The Morgan fingerprint density at radius 1 is 1.32 bits per heavy atom. The molecule has 3 N–H and O–H groups in total. The number of sulfonamides is 1. The van der Waals surface area contributed by atoms with Crippen LogP contribution in [0.3, 0.4) is 0 Å². The summed E-state index contributed by atoms with van der Waals surface area (Å²) in [6.07, 6.45) is 0.786. The van der Waals surface area contributed by atoms with E-state index in [1.54, 1.807) is 12.1 Å². The van der Waals surface area contributed by atoms with E-state index in [1.165, 1.54) is 17.4 Å². The summed E-state index contributed by atoms with van der Waals surface area (Å²) in [6, 6.07) is 6.75. The van der Waals surface area contributed by atoms with Crippen LogP contribution in [0.25, 0.3) is 0 Å². The van der Waals surface area contributed by atoms with Crippen molar-refractivity contribution in [2.75, 3.05) is 5.73 Å². The Kier molecular flexibility index (Phi) is 4.24. The number of anilines is 1. The average molecular weight is 296 g/mol. The number of thiophene rings is 1. The third-order valence-corrected chi connectivity index (χ3v) is 4.99. The SMILES string of the molecule is CCc1ccc(S(=O)(=O)NCc2ccsc2)cc1N. The molecule has 19 heavy (non-hydrogen) atoms. The van der Waals surface area contributed by atoms with Gasteiger partial charge in [-0.3, -0.25) is 0 Å². The summed E-state index contributed by atoms with van der Waals surface area (Å²) in [5.41, 5.74) is 8.25. The summed E-state index contributed by atoms with van der Waals surface area (Å²) < 4.78 is 26.8. The molecule has 1 heterocycles. The summed E-state index contributed by atoms with van der Waals surface area (Å²) in [6.45, 7) is 2.27.